The van der Waals surface area contributed by atoms with E-state index in [0.717, 1.165) is 59.5 Å². The van der Waals surface area contributed by atoms with E-state index < -0.39 is 17.8 Å². The van der Waals surface area contributed by atoms with Crippen LogP contribution in [0.5, 0.6) is 0 Å². The average molecular weight is 595 g/mol. The van der Waals surface area contributed by atoms with Gasteiger partial charge in [-0.1, -0.05) is 24.3 Å². The molecule has 44 heavy (non-hydrogen) atoms. The number of hydrogen-bond acceptors (Lipinski definition) is 5. The van der Waals surface area contributed by atoms with Crippen LogP contribution < -0.4 is 10.6 Å². The average Bonchev–Trinajstić information content (AvgIpc) is 3.96. The van der Waals surface area contributed by atoms with E-state index in [2.05, 4.69) is 20.7 Å². The van der Waals surface area contributed by atoms with E-state index in [0.29, 0.717) is 35.5 Å². The Hall–Kier alpha value is -4.73. The molecule has 3 aliphatic rings. The van der Waals surface area contributed by atoms with Gasteiger partial charge >= 0.3 is 6.18 Å². The van der Waals surface area contributed by atoms with Gasteiger partial charge in [-0.3, -0.25) is 9.48 Å². The highest BCUT2D eigenvalue weighted by Gasteiger charge is 2.37. The minimum Gasteiger partial charge on any atom is -0.345 e. The standard InChI is InChI=1S/C34H29F3N6O/c35-34(36,37)29-3-1-2-27-26(29)11-13-31(27)41-32(44)21-6-10-25(19-4-5-19)28(15-21)20-7-12-30-22(14-20)16-38-33(42-30)40-23-17-39-43(18-23)24-8-9-24/h1-3,6-7,10,12,14-19,24,31H,4-5,8-9,11,13H2,(H,41,44)(H,38,40,42). The highest BCUT2D eigenvalue weighted by Crippen LogP contribution is 2.45. The lowest BCUT2D eigenvalue weighted by Gasteiger charge is -2.17. The quantitative estimate of drug-likeness (QED) is 0.200. The van der Waals surface area contributed by atoms with Crippen LogP contribution in [0.15, 0.2) is 73.2 Å². The van der Waals surface area contributed by atoms with Crippen molar-refractivity contribution < 1.29 is 18.0 Å². The molecule has 10 heteroatoms. The van der Waals surface area contributed by atoms with E-state index in [1.807, 2.05) is 47.3 Å². The summed E-state index contributed by atoms with van der Waals surface area (Å²) < 4.78 is 42.6. The number of anilines is 2. The number of aromatic nitrogens is 4. The lowest BCUT2D eigenvalue weighted by molar-refractivity contribution is -0.138. The van der Waals surface area contributed by atoms with Crippen molar-refractivity contribution >= 4 is 28.4 Å². The molecule has 222 valence electrons. The van der Waals surface area contributed by atoms with Crippen LogP contribution in [-0.2, 0) is 12.6 Å². The zero-order chi connectivity index (χ0) is 30.0. The summed E-state index contributed by atoms with van der Waals surface area (Å²) >= 11 is 0. The summed E-state index contributed by atoms with van der Waals surface area (Å²) in [4.78, 5) is 22.7. The molecule has 2 fully saturated rings. The van der Waals surface area contributed by atoms with Gasteiger partial charge in [-0.15, -0.1) is 0 Å². The third-order valence-corrected chi connectivity index (χ3v) is 8.88. The Morgan fingerprint density at radius 1 is 0.932 bits per heavy atom. The number of benzene rings is 3. The molecule has 2 aromatic heterocycles. The van der Waals surface area contributed by atoms with Gasteiger partial charge in [0.1, 0.15) is 0 Å². The van der Waals surface area contributed by atoms with E-state index in [-0.39, 0.29) is 17.9 Å². The van der Waals surface area contributed by atoms with Gasteiger partial charge in [-0.2, -0.15) is 18.3 Å². The molecule has 7 nitrogen and oxygen atoms in total. The summed E-state index contributed by atoms with van der Waals surface area (Å²) in [5, 5.41) is 11.5. The van der Waals surface area contributed by atoms with Crippen LogP contribution in [-0.4, -0.2) is 25.7 Å². The smallest absolute Gasteiger partial charge is 0.345 e. The molecular formula is C34H29F3N6O. The van der Waals surface area contributed by atoms with Crippen LogP contribution >= 0.6 is 0 Å². The number of rotatable bonds is 7. The molecule has 3 aliphatic carbocycles. The second-order valence-corrected chi connectivity index (χ2v) is 12.0. The van der Waals surface area contributed by atoms with Gasteiger partial charge in [-0.25, -0.2) is 9.97 Å². The van der Waals surface area contributed by atoms with E-state index in [1.165, 1.54) is 11.6 Å². The van der Waals surface area contributed by atoms with Gasteiger partial charge in [0.25, 0.3) is 5.91 Å². The molecule has 2 N–H and O–H groups in total. The number of carbonyl (C=O) groups excluding carboxylic acids is 1. The number of hydrogen-bond donors (Lipinski definition) is 2. The van der Waals surface area contributed by atoms with Crippen molar-refractivity contribution in [3.63, 3.8) is 0 Å². The fourth-order valence-corrected chi connectivity index (χ4v) is 6.34. The molecule has 3 aromatic carbocycles. The predicted molar refractivity (Wildman–Crippen MR) is 161 cm³/mol. The monoisotopic (exact) mass is 594 g/mol. The Labute approximate surface area is 251 Å². The van der Waals surface area contributed by atoms with Gasteiger partial charge in [0.15, 0.2) is 0 Å². The van der Waals surface area contributed by atoms with E-state index >= 15 is 0 Å². The molecule has 8 rings (SSSR count). The zero-order valence-electron chi connectivity index (χ0n) is 23.7. The van der Waals surface area contributed by atoms with E-state index in [1.54, 1.807) is 18.5 Å². The molecule has 0 aliphatic heterocycles. The van der Waals surface area contributed by atoms with Crippen molar-refractivity contribution in [3.05, 3.63) is 101 Å². The maximum atomic E-state index is 13.5. The highest BCUT2D eigenvalue weighted by molar-refractivity contribution is 5.97. The molecule has 0 radical (unpaired) electrons. The van der Waals surface area contributed by atoms with Crippen LogP contribution in [0.3, 0.4) is 0 Å². The van der Waals surface area contributed by atoms with Crippen molar-refractivity contribution in [1.82, 2.24) is 25.1 Å². The molecular weight excluding hydrogens is 565 g/mol. The van der Waals surface area contributed by atoms with E-state index in [4.69, 9.17) is 4.98 Å². The second-order valence-electron chi connectivity index (χ2n) is 12.0. The first-order chi connectivity index (χ1) is 21.3. The summed E-state index contributed by atoms with van der Waals surface area (Å²) in [5.41, 5.74) is 5.45. The zero-order valence-corrected chi connectivity index (χ0v) is 23.7. The molecule has 1 amide bonds. The molecule has 1 atom stereocenters. The van der Waals surface area contributed by atoms with Crippen LogP contribution in [0, 0.1) is 0 Å². The first kappa shape index (κ1) is 26.9. The Morgan fingerprint density at radius 3 is 2.59 bits per heavy atom. The minimum atomic E-state index is -4.42. The molecule has 0 spiro atoms. The molecule has 5 aromatic rings. The third kappa shape index (κ3) is 5.08. The van der Waals surface area contributed by atoms with Crippen molar-refractivity contribution in [2.75, 3.05) is 5.32 Å². The van der Waals surface area contributed by atoms with E-state index in [9.17, 15) is 18.0 Å². The summed E-state index contributed by atoms with van der Waals surface area (Å²) in [6.07, 6.45) is 6.36. The SMILES string of the molecule is O=C(NC1CCc2c1cccc2C(F)(F)F)c1ccc(C2CC2)c(-c2ccc3nc(Nc4cnn(C5CC5)c4)ncc3c2)c1. The van der Waals surface area contributed by atoms with Gasteiger partial charge in [-0.05, 0) is 103 Å². The minimum absolute atomic E-state index is 0.278. The Bertz CT molecular complexity index is 1920. The normalized spacial score (nSPS) is 17.9. The van der Waals surface area contributed by atoms with Crippen molar-refractivity contribution in [2.24, 2.45) is 0 Å². The van der Waals surface area contributed by atoms with Crippen molar-refractivity contribution in [2.45, 2.75) is 62.7 Å². The number of amides is 1. The molecule has 0 bridgehead atoms. The molecule has 0 saturated heterocycles. The van der Waals surface area contributed by atoms with Gasteiger partial charge in [0.2, 0.25) is 5.95 Å². The number of nitrogens with zero attached hydrogens (tertiary/aromatic N) is 4. The van der Waals surface area contributed by atoms with Crippen LogP contribution in [0.1, 0.15) is 82.7 Å². The number of nitrogens with one attached hydrogen (secondary N) is 2. The Balaban J connectivity index is 1.05. The number of alkyl halides is 3. The summed E-state index contributed by atoms with van der Waals surface area (Å²) in [6.45, 7) is 0. The molecule has 2 heterocycles. The maximum absolute atomic E-state index is 13.5. The largest absolute Gasteiger partial charge is 0.416 e. The van der Waals surface area contributed by atoms with Gasteiger partial charge in [0.05, 0.1) is 35.0 Å². The fraction of sp³-hybridized carbons (Fsp3) is 0.294. The van der Waals surface area contributed by atoms with Crippen LogP contribution in [0.2, 0.25) is 0 Å². The number of halogens is 3. The third-order valence-electron chi connectivity index (χ3n) is 8.88. The summed E-state index contributed by atoms with van der Waals surface area (Å²) in [6, 6.07) is 16.0. The first-order valence-corrected chi connectivity index (χ1v) is 15.0. The predicted octanol–water partition coefficient (Wildman–Crippen LogP) is 7.89. The van der Waals surface area contributed by atoms with Crippen LogP contribution in [0.25, 0.3) is 22.0 Å². The van der Waals surface area contributed by atoms with Crippen molar-refractivity contribution in [1.29, 1.82) is 0 Å². The first-order valence-electron chi connectivity index (χ1n) is 15.0. The highest BCUT2D eigenvalue weighted by atomic mass is 19.4. The van der Waals surface area contributed by atoms with Gasteiger partial charge < -0.3 is 10.6 Å². The number of carbonyl (C=O) groups is 1. The summed E-state index contributed by atoms with van der Waals surface area (Å²) in [7, 11) is 0. The Morgan fingerprint density at radius 2 is 1.80 bits per heavy atom. The lowest BCUT2D eigenvalue weighted by atomic mass is 9.93. The van der Waals surface area contributed by atoms with Gasteiger partial charge in [0, 0.05) is 23.3 Å². The molecule has 1 unspecified atom stereocenters. The maximum Gasteiger partial charge on any atom is 0.416 e. The van der Waals surface area contributed by atoms with Crippen LogP contribution in [0.4, 0.5) is 24.8 Å². The van der Waals surface area contributed by atoms with Crippen molar-refractivity contribution in [3.8, 4) is 11.1 Å². The topological polar surface area (TPSA) is 84.7 Å². The second kappa shape index (κ2) is 10.2. The number of fused-ring (bicyclic) bond motifs is 2. The lowest BCUT2D eigenvalue weighted by Crippen LogP contribution is -2.27. The summed E-state index contributed by atoms with van der Waals surface area (Å²) in [5.74, 6) is 0.641. The Kier molecular flexibility index (Phi) is 6.21. The molecule has 2 saturated carbocycles. The fourth-order valence-electron chi connectivity index (χ4n) is 6.34.